The number of fused-ring (bicyclic) bond motifs is 1. The van der Waals surface area contributed by atoms with Crippen LogP contribution in [-0.2, 0) is 6.42 Å². The molecule has 2 aromatic rings. The Morgan fingerprint density at radius 2 is 2.00 bits per heavy atom. The molecule has 1 aliphatic carbocycles. The Morgan fingerprint density at radius 1 is 1.17 bits per heavy atom. The van der Waals surface area contributed by atoms with Gasteiger partial charge < -0.3 is 15.4 Å². The van der Waals surface area contributed by atoms with Gasteiger partial charge in [0.2, 0.25) is 0 Å². The highest BCUT2D eigenvalue weighted by atomic mass is 16.5. The van der Waals surface area contributed by atoms with Crippen LogP contribution in [-0.4, -0.2) is 18.2 Å². The molecule has 0 aromatic heterocycles. The standard InChI is InChI=1S/C19H20N2O2/c1-12-9-14-10-15(7-8-18(14)23-12)20-19(22)21-17-11-16(17)13-5-3-2-4-6-13/h2-8,10,12,16-17H,9,11H2,1H3,(H2,20,21,22)/t12?,16-,17+/m0/s1. The maximum absolute atomic E-state index is 12.2. The van der Waals surface area contributed by atoms with Crippen molar-refractivity contribution in [3.63, 3.8) is 0 Å². The lowest BCUT2D eigenvalue weighted by molar-refractivity contribution is 0.251. The van der Waals surface area contributed by atoms with E-state index in [1.165, 1.54) is 5.56 Å². The van der Waals surface area contributed by atoms with E-state index in [0.717, 1.165) is 29.8 Å². The van der Waals surface area contributed by atoms with Gasteiger partial charge in [0.05, 0.1) is 0 Å². The molecule has 0 spiro atoms. The molecule has 1 heterocycles. The summed E-state index contributed by atoms with van der Waals surface area (Å²) in [6.07, 6.45) is 2.12. The zero-order valence-corrected chi connectivity index (χ0v) is 13.1. The van der Waals surface area contributed by atoms with Crippen molar-refractivity contribution >= 4 is 11.7 Å². The van der Waals surface area contributed by atoms with E-state index in [4.69, 9.17) is 4.74 Å². The molecule has 2 aromatic carbocycles. The monoisotopic (exact) mass is 308 g/mol. The van der Waals surface area contributed by atoms with Gasteiger partial charge in [0.1, 0.15) is 11.9 Å². The summed E-state index contributed by atoms with van der Waals surface area (Å²) in [5.41, 5.74) is 3.27. The normalized spacial score (nSPS) is 24.5. The van der Waals surface area contributed by atoms with Crippen LogP contribution < -0.4 is 15.4 Å². The molecule has 2 amide bonds. The summed E-state index contributed by atoms with van der Waals surface area (Å²) < 4.78 is 5.68. The van der Waals surface area contributed by atoms with E-state index < -0.39 is 0 Å². The fourth-order valence-corrected chi connectivity index (χ4v) is 3.26. The van der Waals surface area contributed by atoms with Crippen LogP contribution in [0.2, 0.25) is 0 Å². The minimum absolute atomic E-state index is 0.139. The Hall–Kier alpha value is -2.49. The number of urea groups is 1. The van der Waals surface area contributed by atoms with Crippen molar-refractivity contribution in [3.05, 3.63) is 59.7 Å². The number of amides is 2. The molecule has 1 fully saturated rings. The minimum atomic E-state index is -0.139. The second kappa shape index (κ2) is 5.61. The summed E-state index contributed by atoms with van der Waals surface area (Å²) in [4.78, 5) is 12.2. The number of benzene rings is 2. The Bertz CT molecular complexity index is 729. The predicted octanol–water partition coefficient (Wildman–Crippen LogP) is 3.69. The van der Waals surface area contributed by atoms with E-state index in [1.807, 2.05) is 36.4 Å². The molecular weight excluding hydrogens is 288 g/mol. The zero-order valence-electron chi connectivity index (χ0n) is 13.1. The smallest absolute Gasteiger partial charge is 0.319 e. The molecule has 3 atom stereocenters. The number of carbonyl (C=O) groups is 1. The molecule has 23 heavy (non-hydrogen) atoms. The molecule has 1 aliphatic heterocycles. The van der Waals surface area contributed by atoms with Gasteiger partial charge >= 0.3 is 6.03 Å². The van der Waals surface area contributed by atoms with Crippen molar-refractivity contribution in [1.29, 1.82) is 0 Å². The maximum atomic E-state index is 12.2. The van der Waals surface area contributed by atoms with Crippen LogP contribution in [0, 0.1) is 0 Å². The number of hydrogen-bond acceptors (Lipinski definition) is 2. The van der Waals surface area contributed by atoms with Crippen molar-refractivity contribution in [3.8, 4) is 5.75 Å². The Kier molecular flexibility index (Phi) is 3.45. The number of hydrogen-bond donors (Lipinski definition) is 2. The van der Waals surface area contributed by atoms with Gasteiger partial charge in [-0.15, -0.1) is 0 Å². The SMILES string of the molecule is CC1Cc2cc(NC(=O)N[C@@H]3C[C@H]3c3ccccc3)ccc2O1. The molecular formula is C19H20N2O2. The van der Waals surface area contributed by atoms with E-state index >= 15 is 0 Å². The highest BCUT2D eigenvalue weighted by molar-refractivity contribution is 5.90. The largest absolute Gasteiger partial charge is 0.490 e. The molecule has 0 saturated heterocycles. The molecule has 0 radical (unpaired) electrons. The predicted molar refractivity (Wildman–Crippen MR) is 90.0 cm³/mol. The van der Waals surface area contributed by atoms with Crippen LogP contribution in [0.5, 0.6) is 5.75 Å². The lowest BCUT2D eigenvalue weighted by Gasteiger charge is -2.09. The first-order chi connectivity index (χ1) is 11.2. The summed E-state index contributed by atoms with van der Waals surface area (Å²) in [6, 6.07) is 16.2. The number of ether oxygens (including phenoxy) is 1. The lowest BCUT2D eigenvalue weighted by atomic mass is 10.1. The lowest BCUT2D eigenvalue weighted by Crippen LogP contribution is -2.31. The van der Waals surface area contributed by atoms with Crippen LogP contribution in [0.25, 0.3) is 0 Å². The summed E-state index contributed by atoms with van der Waals surface area (Å²) in [7, 11) is 0. The Labute approximate surface area is 135 Å². The fourth-order valence-electron chi connectivity index (χ4n) is 3.26. The molecule has 1 saturated carbocycles. The van der Waals surface area contributed by atoms with Gasteiger partial charge in [-0.3, -0.25) is 0 Å². The summed E-state index contributed by atoms with van der Waals surface area (Å²) in [6.45, 7) is 2.05. The molecule has 118 valence electrons. The first-order valence-electron chi connectivity index (χ1n) is 8.11. The van der Waals surface area contributed by atoms with E-state index in [-0.39, 0.29) is 18.2 Å². The van der Waals surface area contributed by atoms with Gasteiger partial charge in [0.25, 0.3) is 0 Å². The van der Waals surface area contributed by atoms with Crippen LogP contribution >= 0.6 is 0 Å². The molecule has 4 heteroatoms. The van der Waals surface area contributed by atoms with Gasteiger partial charge in [-0.1, -0.05) is 30.3 Å². The van der Waals surface area contributed by atoms with Crippen LogP contribution in [0.4, 0.5) is 10.5 Å². The first kappa shape index (κ1) is 14.1. The van der Waals surface area contributed by atoms with Gasteiger partial charge in [-0.05, 0) is 42.7 Å². The van der Waals surface area contributed by atoms with Crippen molar-refractivity contribution in [2.24, 2.45) is 0 Å². The van der Waals surface area contributed by atoms with Gasteiger partial charge in [-0.2, -0.15) is 0 Å². The molecule has 4 rings (SSSR count). The van der Waals surface area contributed by atoms with E-state index in [9.17, 15) is 4.79 Å². The highest BCUT2D eigenvalue weighted by Gasteiger charge is 2.39. The van der Waals surface area contributed by atoms with Crippen molar-refractivity contribution in [2.45, 2.75) is 37.8 Å². The number of nitrogens with one attached hydrogen (secondary N) is 2. The topological polar surface area (TPSA) is 50.4 Å². The third kappa shape index (κ3) is 3.02. The highest BCUT2D eigenvalue weighted by Crippen LogP contribution is 2.40. The van der Waals surface area contributed by atoms with Crippen molar-refractivity contribution in [2.75, 3.05) is 5.32 Å². The second-order valence-corrected chi connectivity index (χ2v) is 6.41. The number of anilines is 1. The van der Waals surface area contributed by atoms with Gasteiger partial charge in [0.15, 0.2) is 0 Å². The minimum Gasteiger partial charge on any atom is -0.490 e. The summed E-state index contributed by atoms with van der Waals surface area (Å²) in [5.74, 6) is 1.37. The van der Waals surface area contributed by atoms with Crippen molar-refractivity contribution < 1.29 is 9.53 Å². The number of carbonyl (C=O) groups excluding carboxylic acids is 1. The van der Waals surface area contributed by atoms with Crippen LogP contribution in [0.15, 0.2) is 48.5 Å². The molecule has 2 N–H and O–H groups in total. The molecule has 2 aliphatic rings. The van der Waals surface area contributed by atoms with Crippen LogP contribution in [0.3, 0.4) is 0 Å². The van der Waals surface area contributed by atoms with Crippen molar-refractivity contribution in [1.82, 2.24) is 5.32 Å². The summed E-state index contributed by atoms with van der Waals surface area (Å²) >= 11 is 0. The Balaban J connectivity index is 1.34. The average Bonchev–Trinajstić information content (AvgIpc) is 3.19. The Morgan fingerprint density at radius 3 is 2.83 bits per heavy atom. The zero-order chi connectivity index (χ0) is 15.8. The van der Waals surface area contributed by atoms with E-state index in [1.54, 1.807) is 0 Å². The molecule has 4 nitrogen and oxygen atoms in total. The van der Waals surface area contributed by atoms with Gasteiger partial charge in [0, 0.05) is 24.1 Å². The summed E-state index contributed by atoms with van der Waals surface area (Å²) in [5, 5.41) is 5.97. The molecule has 1 unspecified atom stereocenters. The maximum Gasteiger partial charge on any atom is 0.319 e. The third-order valence-corrected chi connectivity index (χ3v) is 4.49. The average molecular weight is 308 g/mol. The van der Waals surface area contributed by atoms with Crippen LogP contribution in [0.1, 0.15) is 30.4 Å². The number of rotatable bonds is 3. The molecule has 0 bridgehead atoms. The quantitative estimate of drug-likeness (QED) is 0.908. The third-order valence-electron chi connectivity index (χ3n) is 4.49. The first-order valence-corrected chi connectivity index (χ1v) is 8.11. The van der Waals surface area contributed by atoms with E-state index in [2.05, 4.69) is 29.7 Å². The van der Waals surface area contributed by atoms with Gasteiger partial charge in [-0.25, -0.2) is 4.79 Å². The van der Waals surface area contributed by atoms with E-state index in [0.29, 0.717) is 5.92 Å². The second-order valence-electron chi connectivity index (χ2n) is 6.41. The fraction of sp³-hybridized carbons (Fsp3) is 0.316.